The number of hydrogen-bond donors (Lipinski definition) is 1. The Morgan fingerprint density at radius 1 is 1.11 bits per heavy atom. The maximum Gasteiger partial charge on any atom is 0.182 e. The molecule has 1 fully saturated rings. The van der Waals surface area contributed by atoms with Gasteiger partial charge in [0.15, 0.2) is 11.6 Å². The Labute approximate surface area is 113 Å². The van der Waals surface area contributed by atoms with Gasteiger partial charge in [-0.1, -0.05) is 31.7 Å². The first-order valence-corrected chi connectivity index (χ1v) is 7.05. The van der Waals surface area contributed by atoms with E-state index in [9.17, 15) is 8.78 Å². The second-order valence-electron chi connectivity index (χ2n) is 5.33. The van der Waals surface area contributed by atoms with Gasteiger partial charge in [0.1, 0.15) is 0 Å². The first kappa shape index (κ1) is 14.3. The molecule has 0 aliphatic heterocycles. The van der Waals surface area contributed by atoms with Crippen molar-refractivity contribution in [2.24, 2.45) is 5.73 Å². The van der Waals surface area contributed by atoms with Crippen LogP contribution in [0.1, 0.15) is 44.1 Å². The lowest BCUT2D eigenvalue weighted by Crippen LogP contribution is -2.32. The van der Waals surface area contributed by atoms with Crippen LogP contribution < -0.4 is 10.6 Å². The topological polar surface area (TPSA) is 29.3 Å². The van der Waals surface area contributed by atoms with Crippen molar-refractivity contribution in [3.8, 4) is 0 Å². The summed E-state index contributed by atoms with van der Waals surface area (Å²) in [5.41, 5.74) is 5.97. The maximum atomic E-state index is 14.1. The van der Waals surface area contributed by atoms with Gasteiger partial charge in [-0.2, -0.15) is 0 Å². The molecule has 0 saturated heterocycles. The minimum Gasteiger partial charge on any atom is -0.369 e. The van der Waals surface area contributed by atoms with Crippen LogP contribution in [0.15, 0.2) is 12.1 Å². The number of nitrogens with zero attached hydrogens (tertiary/aromatic N) is 1. The van der Waals surface area contributed by atoms with Crippen molar-refractivity contribution >= 4 is 5.69 Å². The first-order valence-electron chi connectivity index (χ1n) is 7.05. The Hall–Kier alpha value is -1.16. The standard InChI is InChI=1S/C15H22F2N2/c1-19(12-6-4-2-3-5-7-12)13-9-8-11(10-18)14(16)15(13)17/h8-9,12H,2-7,10,18H2,1H3. The summed E-state index contributed by atoms with van der Waals surface area (Å²) in [6, 6.07) is 3.53. The van der Waals surface area contributed by atoms with Crippen LogP contribution in [0.2, 0.25) is 0 Å². The van der Waals surface area contributed by atoms with Gasteiger partial charge in [-0.25, -0.2) is 8.78 Å². The molecule has 0 atom stereocenters. The number of hydrogen-bond acceptors (Lipinski definition) is 2. The van der Waals surface area contributed by atoms with Gasteiger partial charge >= 0.3 is 0 Å². The molecular formula is C15H22F2N2. The number of nitrogens with two attached hydrogens (primary N) is 1. The van der Waals surface area contributed by atoms with E-state index in [0.29, 0.717) is 11.7 Å². The lowest BCUT2D eigenvalue weighted by Gasteiger charge is -2.29. The molecule has 1 aromatic carbocycles. The molecule has 4 heteroatoms. The molecule has 0 unspecified atom stereocenters. The molecular weight excluding hydrogens is 246 g/mol. The van der Waals surface area contributed by atoms with Gasteiger partial charge in [0.05, 0.1) is 5.69 Å². The molecule has 0 amide bonds. The van der Waals surface area contributed by atoms with E-state index in [1.807, 2.05) is 11.9 Å². The normalized spacial score (nSPS) is 17.3. The van der Waals surface area contributed by atoms with Crippen LogP contribution >= 0.6 is 0 Å². The SMILES string of the molecule is CN(c1ccc(CN)c(F)c1F)C1CCCCCC1. The lowest BCUT2D eigenvalue weighted by molar-refractivity contribution is 0.486. The van der Waals surface area contributed by atoms with E-state index < -0.39 is 11.6 Å². The minimum atomic E-state index is -0.805. The highest BCUT2D eigenvalue weighted by Gasteiger charge is 2.22. The molecule has 0 bridgehead atoms. The second kappa shape index (κ2) is 6.33. The van der Waals surface area contributed by atoms with Crippen LogP contribution in [-0.2, 0) is 6.54 Å². The first-order chi connectivity index (χ1) is 9.15. The lowest BCUT2D eigenvalue weighted by atomic mass is 10.1. The molecule has 1 aliphatic carbocycles. The van der Waals surface area contributed by atoms with E-state index in [-0.39, 0.29) is 12.1 Å². The zero-order valence-electron chi connectivity index (χ0n) is 11.5. The highest BCUT2D eigenvalue weighted by Crippen LogP contribution is 2.29. The summed E-state index contributed by atoms with van der Waals surface area (Å²) in [5, 5.41) is 0. The Bertz CT molecular complexity index is 426. The van der Waals surface area contributed by atoms with Gasteiger partial charge in [0.25, 0.3) is 0 Å². The van der Waals surface area contributed by atoms with E-state index in [1.165, 1.54) is 25.7 Å². The van der Waals surface area contributed by atoms with Crippen molar-refractivity contribution in [1.82, 2.24) is 0 Å². The van der Waals surface area contributed by atoms with Crippen molar-refractivity contribution < 1.29 is 8.78 Å². The van der Waals surface area contributed by atoms with Gasteiger partial charge in [0.2, 0.25) is 0 Å². The quantitative estimate of drug-likeness (QED) is 0.849. The molecule has 106 valence electrons. The fourth-order valence-electron chi connectivity index (χ4n) is 2.85. The van der Waals surface area contributed by atoms with Crippen molar-refractivity contribution in [2.45, 2.75) is 51.1 Å². The van der Waals surface area contributed by atoms with E-state index in [4.69, 9.17) is 5.73 Å². The fraction of sp³-hybridized carbons (Fsp3) is 0.600. The van der Waals surface area contributed by atoms with Gasteiger partial charge in [0, 0.05) is 25.2 Å². The molecule has 1 aromatic rings. The average molecular weight is 268 g/mol. The number of anilines is 1. The monoisotopic (exact) mass is 268 g/mol. The number of rotatable bonds is 3. The van der Waals surface area contributed by atoms with Crippen LogP contribution in [0.25, 0.3) is 0 Å². The highest BCUT2D eigenvalue weighted by molar-refractivity contribution is 5.50. The van der Waals surface area contributed by atoms with Gasteiger partial charge in [-0.05, 0) is 18.9 Å². The van der Waals surface area contributed by atoms with Crippen LogP contribution in [0.3, 0.4) is 0 Å². The van der Waals surface area contributed by atoms with Gasteiger partial charge < -0.3 is 10.6 Å². The van der Waals surface area contributed by atoms with Gasteiger partial charge in [-0.3, -0.25) is 0 Å². The van der Waals surface area contributed by atoms with E-state index >= 15 is 0 Å². The largest absolute Gasteiger partial charge is 0.369 e. The summed E-state index contributed by atoms with van der Waals surface area (Å²) in [6.45, 7) is 0.0240. The molecule has 0 aromatic heterocycles. The van der Waals surface area contributed by atoms with Gasteiger partial charge in [-0.15, -0.1) is 0 Å². The van der Waals surface area contributed by atoms with Crippen molar-refractivity contribution in [3.63, 3.8) is 0 Å². The molecule has 0 radical (unpaired) electrons. The summed E-state index contributed by atoms with van der Waals surface area (Å²) in [4.78, 5) is 1.89. The van der Waals surface area contributed by atoms with E-state index in [2.05, 4.69) is 0 Å². The van der Waals surface area contributed by atoms with Crippen molar-refractivity contribution in [2.75, 3.05) is 11.9 Å². The van der Waals surface area contributed by atoms with Crippen molar-refractivity contribution in [3.05, 3.63) is 29.3 Å². The third kappa shape index (κ3) is 3.06. The number of benzene rings is 1. The highest BCUT2D eigenvalue weighted by atomic mass is 19.2. The minimum absolute atomic E-state index is 0.0240. The Morgan fingerprint density at radius 2 is 1.74 bits per heavy atom. The Morgan fingerprint density at radius 3 is 2.32 bits per heavy atom. The molecule has 2 rings (SSSR count). The summed E-state index contributed by atoms with van der Waals surface area (Å²) >= 11 is 0. The summed E-state index contributed by atoms with van der Waals surface area (Å²) in [7, 11) is 1.86. The summed E-state index contributed by atoms with van der Waals surface area (Å²) in [6.07, 6.45) is 6.92. The zero-order valence-corrected chi connectivity index (χ0v) is 11.5. The second-order valence-corrected chi connectivity index (χ2v) is 5.33. The maximum absolute atomic E-state index is 14.1. The molecule has 19 heavy (non-hydrogen) atoms. The predicted octanol–water partition coefficient (Wildman–Crippen LogP) is 3.58. The predicted molar refractivity (Wildman–Crippen MR) is 74.1 cm³/mol. The molecule has 0 spiro atoms. The van der Waals surface area contributed by atoms with E-state index in [1.54, 1.807) is 12.1 Å². The Balaban J connectivity index is 2.22. The zero-order chi connectivity index (χ0) is 13.8. The smallest absolute Gasteiger partial charge is 0.182 e. The molecule has 2 N–H and O–H groups in total. The molecule has 0 heterocycles. The summed E-state index contributed by atoms with van der Waals surface area (Å²) in [5.74, 6) is -1.57. The van der Waals surface area contributed by atoms with Crippen molar-refractivity contribution in [1.29, 1.82) is 0 Å². The van der Waals surface area contributed by atoms with Crippen LogP contribution in [0.5, 0.6) is 0 Å². The molecule has 1 aliphatic rings. The average Bonchev–Trinajstić information content (AvgIpc) is 2.70. The molecule has 2 nitrogen and oxygen atoms in total. The van der Waals surface area contributed by atoms with E-state index in [0.717, 1.165) is 12.8 Å². The number of halogens is 2. The third-order valence-corrected chi connectivity index (χ3v) is 4.11. The molecule has 1 saturated carbocycles. The van der Waals surface area contributed by atoms with Crippen LogP contribution in [0.4, 0.5) is 14.5 Å². The Kier molecular flexibility index (Phi) is 4.75. The van der Waals surface area contributed by atoms with Crippen LogP contribution in [-0.4, -0.2) is 13.1 Å². The summed E-state index contributed by atoms with van der Waals surface area (Å²) < 4.78 is 27.9. The van der Waals surface area contributed by atoms with Crippen LogP contribution in [0, 0.1) is 11.6 Å². The third-order valence-electron chi connectivity index (χ3n) is 4.11. The fourth-order valence-corrected chi connectivity index (χ4v) is 2.85.